The van der Waals surface area contributed by atoms with Crippen LogP contribution in [0.2, 0.25) is 0 Å². The van der Waals surface area contributed by atoms with Gasteiger partial charge in [-0.25, -0.2) is 4.39 Å². The highest BCUT2D eigenvalue weighted by Gasteiger charge is 2.44. The van der Waals surface area contributed by atoms with Crippen LogP contribution in [-0.2, 0) is 20.7 Å². The van der Waals surface area contributed by atoms with E-state index in [1.54, 1.807) is 25.1 Å². The van der Waals surface area contributed by atoms with Gasteiger partial charge in [-0.05, 0) is 61.5 Å². The maximum Gasteiger partial charge on any atom is 0.222 e. The van der Waals surface area contributed by atoms with E-state index in [9.17, 15) is 14.0 Å². The first-order chi connectivity index (χ1) is 14.0. The summed E-state index contributed by atoms with van der Waals surface area (Å²) in [5, 5.41) is 3.08. The van der Waals surface area contributed by atoms with Crippen molar-refractivity contribution in [3.05, 3.63) is 35.6 Å². The molecular weight excluding hydrogens is 371 g/mol. The lowest BCUT2D eigenvalue weighted by atomic mass is 9.77. The normalized spacial score (nSPS) is 28.8. The van der Waals surface area contributed by atoms with Crippen LogP contribution in [0.5, 0.6) is 0 Å². The molecule has 0 spiro atoms. The molecule has 0 unspecified atom stereocenters. The highest BCUT2D eigenvalue weighted by Crippen LogP contribution is 2.39. The second-order valence-electron chi connectivity index (χ2n) is 9.00. The number of nitrogens with one attached hydrogen (secondary N) is 1. The van der Waals surface area contributed by atoms with Crippen molar-refractivity contribution in [2.75, 3.05) is 19.7 Å². The third-order valence-electron chi connectivity index (χ3n) is 6.67. The summed E-state index contributed by atoms with van der Waals surface area (Å²) in [6.07, 6.45) is 5.03. The number of fused-ring (bicyclic) bond motifs is 1. The van der Waals surface area contributed by atoms with E-state index in [4.69, 9.17) is 4.74 Å². The van der Waals surface area contributed by atoms with Gasteiger partial charge in [0.1, 0.15) is 5.82 Å². The Morgan fingerprint density at radius 3 is 2.59 bits per heavy atom. The molecule has 29 heavy (non-hydrogen) atoms. The number of aryl methyl sites for hydroxylation is 1. The standard InChI is InChI=1S/C23H31FN2O3/c1-15(27)25-21-10-18-12-26(13-19(18)11-22(21)29-14-16-6-7-16)23(28)9-8-17-4-2-3-5-20(17)24/h2-5,16,18-19,21-22H,6-14H2,1H3,(H,25,27)/t18-,19+,21-,22-/m1/s1. The van der Waals surface area contributed by atoms with E-state index < -0.39 is 0 Å². The first-order valence-electron chi connectivity index (χ1n) is 10.9. The summed E-state index contributed by atoms with van der Waals surface area (Å²) in [6.45, 7) is 3.81. The van der Waals surface area contributed by atoms with Crippen LogP contribution in [-0.4, -0.2) is 48.6 Å². The third kappa shape index (κ3) is 5.16. The zero-order valence-corrected chi connectivity index (χ0v) is 17.1. The quantitative estimate of drug-likeness (QED) is 0.763. The minimum atomic E-state index is -0.246. The number of rotatable bonds is 7. The summed E-state index contributed by atoms with van der Waals surface area (Å²) in [5.74, 6) is 1.32. The third-order valence-corrected chi connectivity index (χ3v) is 6.67. The monoisotopic (exact) mass is 402 g/mol. The van der Waals surface area contributed by atoms with Crippen LogP contribution in [0.1, 0.15) is 44.6 Å². The van der Waals surface area contributed by atoms with Gasteiger partial charge in [0, 0.05) is 33.0 Å². The fourth-order valence-corrected chi connectivity index (χ4v) is 4.86. The molecule has 0 bridgehead atoms. The van der Waals surface area contributed by atoms with Crippen molar-refractivity contribution in [2.24, 2.45) is 17.8 Å². The van der Waals surface area contributed by atoms with Gasteiger partial charge in [-0.2, -0.15) is 0 Å². The van der Waals surface area contributed by atoms with Crippen LogP contribution in [0.15, 0.2) is 24.3 Å². The molecule has 0 radical (unpaired) electrons. The average Bonchev–Trinajstić information content (AvgIpc) is 3.42. The summed E-state index contributed by atoms with van der Waals surface area (Å²) in [4.78, 5) is 26.3. The number of hydrogen-bond acceptors (Lipinski definition) is 3. The van der Waals surface area contributed by atoms with E-state index in [0.717, 1.165) is 32.5 Å². The lowest BCUT2D eigenvalue weighted by Gasteiger charge is -2.38. The highest BCUT2D eigenvalue weighted by atomic mass is 19.1. The molecule has 1 heterocycles. The molecule has 158 valence electrons. The fourth-order valence-electron chi connectivity index (χ4n) is 4.86. The molecule has 4 rings (SSSR count). The number of amides is 2. The molecule has 1 aliphatic heterocycles. The number of likely N-dealkylation sites (tertiary alicyclic amines) is 1. The van der Waals surface area contributed by atoms with Gasteiger partial charge < -0.3 is 15.0 Å². The van der Waals surface area contributed by atoms with Gasteiger partial charge >= 0.3 is 0 Å². The molecule has 1 aromatic rings. The maximum atomic E-state index is 13.8. The zero-order valence-electron chi connectivity index (χ0n) is 17.1. The molecule has 4 atom stereocenters. The molecule has 1 saturated heterocycles. The molecule has 3 fully saturated rings. The van der Waals surface area contributed by atoms with Gasteiger partial charge in [-0.1, -0.05) is 18.2 Å². The molecule has 1 N–H and O–H groups in total. The average molecular weight is 403 g/mol. The van der Waals surface area contributed by atoms with Crippen molar-refractivity contribution in [1.82, 2.24) is 10.2 Å². The molecule has 3 aliphatic rings. The Kier molecular flexibility index (Phi) is 6.18. The largest absolute Gasteiger partial charge is 0.376 e. The maximum absolute atomic E-state index is 13.8. The highest BCUT2D eigenvalue weighted by molar-refractivity contribution is 5.77. The lowest BCUT2D eigenvalue weighted by Crippen LogP contribution is -2.50. The predicted octanol–water partition coefficient (Wildman–Crippen LogP) is 2.93. The zero-order chi connectivity index (χ0) is 20.4. The van der Waals surface area contributed by atoms with Gasteiger partial charge in [0.25, 0.3) is 0 Å². The Morgan fingerprint density at radius 2 is 1.90 bits per heavy atom. The van der Waals surface area contributed by atoms with Crippen LogP contribution in [0, 0.1) is 23.6 Å². The minimum absolute atomic E-state index is 0.0238. The van der Waals surface area contributed by atoms with Gasteiger partial charge in [0.15, 0.2) is 0 Å². The molecule has 6 heteroatoms. The van der Waals surface area contributed by atoms with Crippen molar-refractivity contribution >= 4 is 11.8 Å². The number of nitrogens with zero attached hydrogens (tertiary/aromatic N) is 1. The number of benzene rings is 1. The van der Waals surface area contributed by atoms with E-state index in [-0.39, 0.29) is 29.8 Å². The lowest BCUT2D eigenvalue weighted by molar-refractivity contribution is -0.130. The number of carbonyl (C=O) groups excluding carboxylic acids is 2. The fraction of sp³-hybridized carbons (Fsp3) is 0.652. The van der Waals surface area contributed by atoms with Gasteiger partial charge in [-0.3, -0.25) is 9.59 Å². The second kappa shape index (κ2) is 8.82. The Balaban J connectivity index is 1.33. The topological polar surface area (TPSA) is 58.6 Å². The minimum Gasteiger partial charge on any atom is -0.376 e. The van der Waals surface area contributed by atoms with E-state index in [1.165, 1.54) is 18.9 Å². The van der Waals surface area contributed by atoms with Gasteiger partial charge in [0.2, 0.25) is 11.8 Å². The molecule has 2 saturated carbocycles. The van der Waals surface area contributed by atoms with E-state index >= 15 is 0 Å². The van der Waals surface area contributed by atoms with Crippen LogP contribution in [0.25, 0.3) is 0 Å². The molecule has 2 aliphatic carbocycles. The van der Waals surface area contributed by atoms with E-state index in [2.05, 4.69) is 5.32 Å². The van der Waals surface area contributed by atoms with Crippen molar-refractivity contribution in [3.8, 4) is 0 Å². The number of ether oxygens (including phenoxy) is 1. The van der Waals surface area contributed by atoms with Crippen LogP contribution >= 0.6 is 0 Å². The Bertz CT molecular complexity index is 751. The summed E-state index contributed by atoms with van der Waals surface area (Å²) >= 11 is 0. The predicted molar refractivity (Wildman–Crippen MR) is 108 cm³/mol. The molecule has 5 nitrogen and oxygen atoms in total. The molecule has 1 aromatic carbocycles. The van der Waals surface area contributed by atoms with E-state index in [0.29, 0.717) is 36.2 Å². The first kappa shape index (κ1) is 20.3. The molecular formula is C23H31FN2O3. The summed E-state index contributed by atoms with van der Waals surface area (Å²) in [5.41, 5.74) is 0.594. The number of halogens is 1. The van der Waals surface area contributed by atoms with Crippen molar-refractivity contribution in [1.29, 1.82) is 0 Å². The summed E-state index contributed by atoms with van der Waals surface area (Å²) in [6, 6.07) is 6.68. The van der Waals surface area contributed by atoms with Gasteiger partial charge in [-0.15, -0.1) is 0 Å². The van der Waals surface area contributed by atoms with Crippen LogP contribution < -0.4 is 5.32 Å². The second-order valence-corrected chi connectivity index (χ2v) is 9.00. The molecule has 0 aromatic heterocycles. The number of hydrogen-bond donors (Lipinski definition) is 1. The van der Waals surface area contributed by atoms with E-state index in [1.807, 2.05) is 4.90 Å². The summed E-state index contributed by atoms with van der Waals surface area (Å²) in [7, 11) is 0. The van der Waals surface area contributed by atoms with Gasteiger partial charge in [0.05, 0.1) is 12.1 Å². The SMILES string of the molecule is CC(=O)N[C@@H]1C[C@@H]2CN(C(=O)CCc3ccccc3F)C[C@@H]2C[C@H]1OCC1CC1. The first-order valence-corrected chi connectivity index (χ1v) is 10.9. The van der Waals surface area contributed by atoms with Crippen molar-refractivity contribution < 1.29 is 18.7 Å². The Morgan fingerprint density at radius 1 is 1.17 bits per heavy atom. The Labute approximate surface area is 172 Å². The van der Waals surface area contributed by atoms with Crippen molar-refractivity contribution in [3.63, 3.8) is 0 Å². The van der Waals surface area contributed by atoms with Crippen LogP contribution in [0.3, 0.4) is 0 Å². The summed E-state index contributed by atoms with van der Waals surface area (Å²) < 4.78 is 20.0. The smallest absolute Gasteiger partial charge is 0.222 e. The van der Waals surface area contributed by atoms with Crippen molar-refractivity contribution in [2.45, 2.75) is 57.6 Å². The van der Waals surface area contributed by atoms with Crippen LogP contribution in [0.4, 0.5) is 4.39 Å². The molecule has 2 amide bonds. The number of carbonyl (C=O) groups is 2. The Hall–Kier alpha value is -1.95.